The van der Waals surface area contributed by atoms with Crippen LogP contribution in [0.1, 0.15) is 0 Å². The number of aromatic nitrogens is 1. The van der Waals surface area contributed by atoms with Gasteiger partial charge in [0.2, 0.25) is 0 Å². The molecular weight excluding hydrogens is 266 g/mol. The van der Waals surface area contributed by atoms with Gasteiger partial charge in [0.05, 0.1) is 18.4 Å². The second-order valence-corrected chi connectivity index (χ2v) is 5.96. The summed E-state index contributed by atoms with van der Waals surface area (Å²) in [6.45, 7) is 7.99. The Hall–Kier alpha value is -1.37. The Kier molecular flexibility index (Phi) is 4.57. The van der Waals surface area contributed by atoms with Gasteiger partial charge in [-0.05, 0) is 19.2 Å². The van der Waals surface area contributed by atoms with Crippen LogP contribution in [0.2, 0.25) is 0 Å². The summed E-state index contributed by atoms with van der Waals surface area (Å²) in [5, 5.41) is 0. The first-order chi connectivity index (χ1) is 10.2. The Labute approximate surface area is 126 Å². The largest absolute Gasteiger partial charge is 0.396 e. The van der Waals surface area contributed by atoms with Crippen LogP contribution >= 0.6 is 0 Å². The molecule has 6 nitrogen and oxygen atoms in total. The van der Waals surface area contributed by atoms with Crippen molar-refractivity contribution >= 4 is 11.5 Å². The molecule has 0 radical (unpaired) electrons. The highest BCUT2D eigenvalue weighted by Gasteiger charge is 2.24. The number of ether oxygens (including phenoxy) is 1. The first-order valence-corrected chi connectivity index (χ1v) is 7.70. The third kappa shape index (κ3) is 3.64. The van der Waals surface area contributed by atoms with Gasteiger partial charge in [-0.1, -0.05) is 0 Å². The van der Waals surface area contributed by atoms with Gasteiger partial charge in [0, 0.05) is 52.0 Å². The van der Waals surface area contributed by atoms with Gasteiger partial charge < -0.3 is 20.3 Å². The van der Waals surface area contributed by atoms with Gasteiger partial charge in [0.1, 0.15) is 0 Å². The Morgan fingerprint density at radius 1 is 1.29 bits per heavy atom. The van der Waals surface area contributed by atoms with E-state index in [1.165, 1.54) is 0 Å². The van der Waals surface area contributed by atoms with Crippen LogP contribution in [0.4, 0.5) is 11.5 Å². The third-order valence-electron chi connectivity index (χ3n) is 4.29. The van der Waals surface area contributed by atoms with E-state index in [0.29, 0.717) is 6.10 Å². The molecule has 2 aliphatic heterocycles. The summed E-state index contributed by atoms with van der Waals surface area (Å²) in [5.41, 5.74) is 6.77. The maximum atomic E-state index is 6.01. The molecule has 3 rings (SSSR count). The zero-order chi connectivity index (χ0) is 14.7. The second kappa shape index (κ2) is 6.60. The van der Waals surface area contributed by atoms with Crippen molar-refractivity contribution in [2.24, 2.45) is 0 Å². The number of morpholine rings is 1. The van der Waals surface area contributed by atoms with Crippen LogP contribution in [0.3, 0.4) is 0 Å². The fourth-order valence-corrected chi connectivity index (χ4v) is 3.08. The fourth-order valence-electron chi connectivity index (χ4n) is 3.08. The SMILES string of the molecule is CN1CCOC(CN2CCN(c3ncccc3N)CC2)C1. The number of rotatable bonds is 3. The van der Waals surface area contributed by atoms with Crippen molar-refractivity contribution < 1.29 is 4.74 Å². The maximum absolute atomic E-state index is 6.01. The average molecular weight is 291 g/mol. The summed E-state index contributed by atoms with van der Waals surface area (Å²) < 4.78 is 5.85. The molecule has 0 bridgehead atoms. The van der Waals surface area contributed by atoms with Gasteiger partial charge in [0.25, 0.3) is 0 Å². The molecule has 0 aliphatic carbocycles. The van der Waals surface area contributed by atoms with Crippen molar-refractivity contribution in [1.29, 1.82) is 0 Å². The van der Waals surface area contributed by atoms with Gasteiger partial charge in [-0.2, -0.15) is 0 Å². The van der Waals surface area contributed by atoms with Crippen LogP contribution in [0, 0.1) is 0 Å². The number of nitrogens with zero attached hydrogens (tertiary/aromatic N) is 4. The zero-order valence-corrected chi connectivity index (χ0v) is 12.7. The molecule has 2 aliphatic rings. The van der Waals surface area contributed by atoms with E-state index in [9.17, 15) is 0 Å². The molecule has 2 N–H and O–H groups in total. The van der Waals surface area contributed by atoms with Crippen LogP contribution in [0.15, 0.2) is 18.3 Å². The van der Waals surface area contributed by atoms with E-state index < -0.39 is 0 Å². The predicted molar refractivity (Wildman–Crippen MR) is 84.5 cm³/mol. The summed E-state index contributed by atoms with van der Waals surface area (Å²) >= 11 is 0. The predicted octanol–water partition coefficient (Wildman–Crippen LogP) is 0.116. The van der Waals surface area contributed by atoms with E-state index in [0.717, 1.165) is 63.9 Å². The number of anilines is 2. The van der Waals surface area contributed by atoms with Crippen molar-refractivity contribution in [3.05, 3.63) is 18.3 Å². The van der Waals surface area contributed by atoms with E-state index in [1.807, 2.05) is 18.3 Å². The van der Waals surface area contributed by atoms with Crippen molar-refractivity contribution in [2.75, 3.05) is 70.1 Å². The van der Waals surface area contributed by atoms with E-state index in [1.54, 1.807) is 0 Å². The number of nitrogen functional groups attached to an aromatic ring is 1. The number of nitrogens with two attached hydrogens (primary N) is 1. The van der Waals surface area contributed by atoms with Gasteiger partial charge in [-0.15, -0.1) is 0 Å². The van der Waals surface area contributed by atoms with E-state index in [-0.39, 0.29) is 0 Å². The van der Waals surface area contributed by atoms with Gasteiger partial charge in [0.15, 0.2) is 5.82 Å². The molecule has 0 amide bonds. The monoisotopic (exact) mass is 291 g/mol. The molecular formula is C15H25N5O. The van der Waals surface area contributed by atoms with Crippen LogP contribution < -0.4 is 10.6 Å². The number of hydrogen-bond donors (Lipinski definition) is 1. The van der Waals surface area contributed by atoms with Gasteiger partial charge in [-0.3, -0.25) is 4.90 Å². The average Bonchev–Trinajstić information content (AvgIpc) is 2.49. The smallest absolute Gasteiger partial charge is 0.151 e. The minimum Gasteiger partial charge on any atom is -0.396 e. The number of hydrogen-bond acceptors (Lipinski definition) is 6. The Balaban J connectivity index is 1.50. The molecule has 1 unspecified atom stereocenters. The van der Waals surface area contributed by atoms with E-state index in [4.69, 9.17) is 10.5 Å². The lowest BCUT2D eigenvalue weighted by molar-refractivity contribution is -0.0361. The molecule has 2 saturated heterocycles. The van der Waals surface area contributed by atoms with Gasteiger partial charge in [-0.25, -0.2) is 4.98 Å². The quantitative estimate of drug-likeness (QED) is 0.853. The summed E-state index contributed by atoms with van der Waals surface area (Å²) in [5.74, 6) is 0.922. The molecule has 1 aromatic rings. The highest BCUT2D eigenvalue weighted by molar-refractivity contribution is 5.62. The van der Waals surface area contributed by atoms with Crippen LogP contribution in [-0.4, -0.2) is 80.4 Å². The van der Waals surface area contributed by atoms with Crippen molar-refractivity contribution in [2.45, 2.75) is 6.10 Å². The Morgan fingerprint density at radius 3 is 2.81 bits per heavy atom. The molecule has 21 heavy (non-hydrogen) atoms. The number of piperazine rings is 1. The molecule has 2 fully saturated rings. The molecule has 1 atom stereocenters. The number of pyridine rings is 1. The Bertz CT molecular complexity index is 461. The summed E-state index contributed by atoms with van der Waals surface area (Å²) in [6.07, 6.45) is 2.15. The van der Waals surface area contributed by atoms with Crippen molar-refractivity contribution in [3.8, 4) is 0 Å². The second-order valence-electron chi connectivity index (χ2n) is 5.96. The molecule has 0 saturated carbocycles. The molecule has 1 aromatic heterocycles. The topological polar surface area (TPSA) is 57.9 Å². The van der Waals surface area contributed by atoms with Crippen molar-refractivity contribution in [3.63, 3.8) is 0 Å². The zero-order valence-electron chi connectivity index (χ0n) is 12.7. The molecule has 0 aromatic carbocycles. The highest BCUT2D eigenvalue weighted by Crippen LogP contribution is 2.20. The minimum atomic E-state index is 0.343. The summed E-state index contributed by atoms with van der Waals surface area (Å²) in [7, 11) is 2.16. The normalized spacial score (nSPS) is 25.2. The summed E-state index contributed by atoms with van der Waals surface area (Å²) in [4.78, 5) is 11.5. The lowest BCUT2D eigenvalue weighted by Crippen LogP contribution is -2.52. The van der Waals surface area contributed by atoms with Crippen molar-refractivity contribution in [1.82, 2.24) is 14.8 Å². The molecule has 3 heterocycles. The summed E-state index contributed by atoms with van der Waals surface area (Å²) in [6, 6.07) is 3.80. The van der Waals surface area contributed by atoms with Crippen LogP contribution in [0.25, 0.3) is 0 Å². The highest BCUT2D eigenvalue weighted by atomic mass is 16.5. The lowest BCUT2D eigenvalue weighted by atomic mass is 10.2. The van der Waals surface area contributed by atoms with E-state index in [2.05, 4.69) is 26.7 Å². The lowest BCUT2D eigenvalue weighted by Gasteiger charge is -2.39. The third-order valence-corrected chi connectivity index (χ3v) is 4.29. The first-order valence-electron chi connectivity index (χ1n) is 7.70. The standard InChI is InChI=1S/C15H25N5O/c1-18-9-10-21-13(11-18)12-19-5-7-20(8-6-19)15-14(16)3-2-4-17-15/h2-4,13H,5-12,16H2,1H3. The maximum Gasteiger partial charge on any atom is 0.151 e. The number of likely N-dealkylation sites (N-methyl/N-ethyl adjacent to an activating group) is 1. The Morgan fingerprint density at radius 2 is 2.10 bits per heavy atom. The fraction of sp³-hybridized carbons (Fsp3) is 0.667. The minimum absolute atomic E-state index is 0.343. The molecule has 116 valence electrons. The van der Waals surface area contributed by atoms with Gasteiger partial charge >= 0.3 is 0 Å². The molecule has 0 spiro atoms. The van der Waals surface area contributed by atoms with E-state index >= 15 is 0 Å². The first kappa shape index (κ1) is 14.6. The van der Waals surface area contributed by atoms with Crippen LogP contribution in [0.5, 0.6) is 0 Å². The van der Waals surface area contributed by atoms with Crippen LogP contribution in [-0.2, 0) is 4.74 Å². The molecule has 6 heteroatoms.